The third-order valence-electron chi connectivity index (χ3n) is 4.46. The van der Waals surface area contributed by atoms with Crippen LogP contribution in [0.15, 0.2) is 48.5 Å². The van der Waals surface area contributed by atoms with Crippen LogP contribution >= 0.6 is 0 Å². The molecule has 2 rings (SSSR count). The van der Waals surface area contributed by atoms with E-state index in [1.165, 1.54) is 19.1 Å². The molecule has 138 valence electrons. The first-order chi connectivity index (χ1) is 12.3. The molecule has 1 amide bonds. The molecule has 26 heavy (non-hydrogen) atoms. The van der Waals surface area contributed by atoms with Crippen LogP contribution in [0.4, 0.5) is 10.1 Å². The van der Waals surface area contributed by atoms with Crippen LogP contribution in [0, 0.1) is 5.82 Å². The molecule has 1 atom stereocenters. The number of carbonyl (C=O) groups is 2. The summed E-state index contributed by atoms with van der Waals surface area (Å²) < 4.78 is 19.5. The fourth-order valence-electron chi connectivity index (χ4n) is 2.93. The van der Waals surface area contributed by atoms with Crippen LogP contribution in [0.1, 0.15) is 50.0 Å². The fraction of sp³-hybridized carbons (Fsp3) is 0.333. The minimum Gasteiger partial charge on any atom is -0.458 e. The van der Waals surface area contributed by atoms with Gasteiger partial charge in [-0.25, -0.2) is 9.18 Å². The average Bonchev–Trinajstić information content (AvgIpc) is 2.61. The Morgan fingerprint density at radius 3 is 2.38 bits per heavy atom. The molecule has 0 aliphatic carbocycles. The average molecular weight is 357 g/mol. The second-order valence-electron chi connectivity index (χ2n) is 6.77. The Hall–Kier alpha value is -2.69. The smallest absolute Gasteiger partial charge is 0.338 e. The summed E-state index contributed by atoms with van der Waals surface area (Å²) in [7, 11) is 0. The van der Waals surface area contributed by atoms with Crippen LogP contribution in [0.3, 0.4) is 0 Å². The molecule has 2 aromatic rings. The number of anilines is 1. The normalized spacial score (nSPS) is 12.3. The first kappa shape index (κ1) is 19.6. The molecule has 0 fully saturated rings. The van der Waals surface area contributed by atoms with Gasteiger partial charge in [-0.05, 0) is 30.2 Å². The molecule has 0 aliphatic rings. The molecular formula is C21H24FNO3. The van der Waals surface area contributed by atoms with Gasteiger partial charge in [-0.2, -0.15) is 0 Å². The summed E-state index contributed by atoms with van der Waals surface area (Å²) in [5.41, 5.74) is 0.837. The molecule has 4 nitrogen and oxygen atoms in total. The van der Waals surface area contributed by atoms with Crippen LogP contribution < -0.4 is 5.32 Å². The molecule has 0 bridgehead atoms. The molecule has 5 heteroatoms. The molecule has 1 N–H and O–H groups in total. The molecule has 0 saturated heterocycles. The van der Waals surface area contributed by atoms with Gasteiger partial charge in [-0.15, -0.1) is 0 Å². The monoisotopic (exact) mass is 357 g/mol. The highest BCUT2D eigenvalue weighted by molar-refractivity contribution is 5.94. The highest BCUT2D eigenvalue weighted by Crippen LogP contribution is 2.31. The van der Waals surface area contributed by atoms with Gasteiger partial charge in [0.25, 0.3) is 0 Å². The maximum Gasteiger partial charge on any atom is 0.338 e. The zero-order valence-electron chi connectivity index (χ0n) is 15.5. The minimum absolute atomic E-state index is 0.0395. The molecule has 0 spiro atoms. The number of benzene rings is 2. The lowest BCUT2D eigenvalue weighted by Crippen LogP contribution is -2.37. The minimum atomic E-state index is -0.603. The molecule has 0 saturated carbocycles. The Bertz CT molecular complexity index is 787. The lowest BCUT2D eigenvalue weighted by atomic mass is 9.78. The van der Waals surface area contributed by atoms with Crippen molar-refractivity contribution < 1.29 is 18.7 Å². The van der Waals surface area contributed by atoms with E-state index in [4.69, 9.17) is 4.74 Å². The van der Waals surface area contributed by atoms with Crippen LogP contribution in [0.2, 0.25) is 0 Å². The summed E-state index contributed by atoms with van der Waals surface area (Å²) in [6.07, 6.45) is 0.277. The van der Waals surface area contributed by atoms with Gasteiger partial charge in [0, 0.05) is 12.3 Å². The topological polar surface area (TPSA) is 55.4 Å². The van der Waals surface area contributed by atoms with E-state index >= 15 is 0 Å². The first-order valence-electron chi connectivity index (χ1n) is 8.59. The van der Waals surface area contributed by atoms with Crippen LogP contribution in [0.25, 0.3) is 0 Å². The maximum atomic E-state index is 13.8. The zero-order chi connectivity index (χ0) is 19.3. The van der Waals surface area contributed by atoms with Gasteiger partial charge >= 0.3 is 5.97 Å². The number of esters is 1. The fourth-order valence-corrected chi connectivity index (χ4v) is 2.93. The Balaban J connectivity index is 2.23. The van der Waals surface area contributed by atoms with Gasteiger partial charge in [0.15, 0.2) is 0 Å². The van der Waals surface area contributed by atoms with E-state index in [1.807, 2.05) is 51.1 Å². The summed E-state index contributed by atoms with van der Waals surface area (Å²) >= 11 is 0. The van der Waals surface area contributed by atoms with E-state index in [1.54, 1.807) is 0 Å². The van der Waals surface area contributed by atoms with Gasteiger partial charge in [-0.1, -0.05) is 51.1 Å². The Morgan fingerprint density at radius 2 is 1.81 bits per heavy atom. The van der Waals surface area contributed by atoms with Crippen molar-refractivity contribution in [3.63, 3.8) is 0 Å². The highest BCUT2D eigenvalue weighted by Gasteiger charge is 2.33. The van der Waals surface area contributed by atoms with Crippen molar-refractivity contribution in [2.45, 2.75) is 45.6 Å². The Labute approximate surface area is 153 Å². The van der Waals surface area contributed by atoms with Crippen molar-refractivity contribution >= 4 is 17.6 Å². The number of amides is 1. The zero-order valence-corrected chi connectivity index (χ0v) is 15.5. The van der Waals surface area contributed by atoms with Crippen LogP contribution in [-0.2, 0) is 14.9 Å². The molecule has 0 radical (unpaired) electrons. The van der Waals surface area contributed by atoms with Crippen molar-refractivity contribution in [1.29, 1.82) is 0 Å². The summed E-state index contributed by atoms with van der Waals surface area (Å²) in [6, 6.07) is 13.6. The van der Waals surface area contributed by atoms with Crippen molar-refractivity contribution in [2.24, 2.45) is 0 Å². The lowest BCUT2D eigenvalue weighted by molar-refractivity contribution is -0.114. The second kappa shape index (κ2) is 8.13. The van der Waals surface area contributed by atoms with E-state index < -0.39 is 17.7 Å². The number of rotatable bonds is 6. The predicted octanol–water partition coefficient (Wildman–Crippen LogP) is 4.70. The molecule has 0 aliphatic heterocycles. The summed E-state index contributed by atoms with van der Waals surface area (Å²) in [5, 5.41) is 2.37. The largest absolute Gasteiger partial charge is 0.458 e. The van der Waals surface area contributed by atoms with Crippen molar-refractivity contribution in [3.8, 4) is 0 Å². The Kier molecular flexibility index (Phi) is 6.14. The van der Waals surface area contributed by atoms with E-state index in [0.29, 0.717) is 6.42 Å². The van der Waals surface area contributed by atoms with Gasteiger partial charge in [0.05, 0.1) is 11.3 Å². The van der Waals surface area contributed by atoms with Crippen LogP contribution in [-0.4, -0.2) is 18.0 Å². The number of hydrogen-bond donors (Lipinski definition) is 1. The number of nitrogens with one attached hydrogen (secondary N) is 1. The first-order valence-corrected chi connectivity index (χ1v) is 8.59. The van der Waals surface area contributed by atoms with E-state index in [2.05, 4.69) is 5.32 Å². The molecular weight excluding hydrogens is 333 g/mol. The highest BCUT2D eigenvalue weighted by atomic mass is 19.1. The summed E-state index contributed by atoms with van der Waals surface area (Å²) in [6.45, 7) is 7.28. The number of ether oxygens (including phenoxy) is 1. The third kappa shape index (κ3) is 4.48. The van der Waals surface area contributed by atoms with Crippen LogP contribution in [0.5, 0.6) is 0 Å². The van der Waals surface area contributed by atoms with E-state index in [-0.39, 0.29) is 22.8 Å². The summed E-state index contributed by atoms with van der Waals surface area (Å²) in [4.78, 5) is 23.7. The number of halogens is 1. The summed E-state index contributed by atoms with van der Waals surface area (Å²) in [5.74, 6) is -1.56. The SMILES string of the molecule is CCC(OC(=O)c1ccc(F)c(NC(C)=O)c1)C(C)(C)c1ccccc1. The van der Waals surface area contributed by atoms with Gasteiger partial charge in [-0.3, -0.25) is 4.79 Å². The van der Waals surface area contributed by atoms with Gasteiger partial charge < -0.3 is 10.1 Å². The van der Waals surface area contributed by atoms with Crippen molar-refractivity contribution in [3.05, 3.63) is 65.5 Å². The van der Waals surface area contributed by atoms with Gasteiger partial charge in [0.2, 0.25) is 5.91 Å². The van der Waals surface area contributed by atoms with Crippen molar-refractivity contribution in [1.82, 2.24) is 0 Å². The molecule has 0 heterocycles. The molecule has 0 aromatic heterocycles. The second-order valence-corrected chi connectivity index (χ2v) is 6.77. The quantitative estimate of drug-likeness (QED) is 0.763. The Morgan fingerprint density at radius 1 is 1.15 bits per heavy atom. The standard InChI is InChI=1S/C21H24FNO3/c1-5-19(21(3,4)16-9-7-6-8-10-16)26-20(25)15-11-12-17(22)18(13-15)23-14(2)24/h6-13,19H,5H2,1-4H3,(H,23,24). The maximum absolute atomic E-state index is 13.8. The van der Waals surface area contributed by atoms with Crippen molar-refractivity contribution in [2.75, 3.05) is 5.32 Å². The molecule has 2 aromatic carbocycles. The van der Waals surface area contributed by atoms with E-state index in [0.717, 1.165) is 11.6 Å². The third-order valence-corrected chi connectivity index (χ3v) is 4.46. The van der Waals surface area contributed by atoms with E-state index in [9.17, 15) is 14.0 Å². The lowest BCUT2D eigenvalue weighted by Gasteiger charge is -2.34. The van der Waals surface area contributed by atoms with Gasteiger partial charge in [0.1, 0.15) is 11.9 Å². The molecule has 1 unspecified atom stereocenters. The number of hydrogen-bond acceptors (Lipinski definition) is 3. The number of carbonyl (C=O) groups excluding carboxylic acids is 2. The predicted molar refractivity (Wildman–Crippen MR) is 99.7 cm³/mol.